The molecule has 0 aromatic rings. The second kappa shape index (κ2) is 5.19. The van der Waals surface area contributed by atoms with E-state index in [0.717, 1.165) is 0 Å². The van der Waals surface area contributed by atoms with Gasteiger partial charge in [-0.3, -0.25) is 19.2 Å². The third kappa shape index (κ3) is 2.01. The fraction of sp³-hybridized carbons (Fsp3) is 0.500. The van der Waals surface area contributed by atoms with Gasteiger partial charge in [-0.25, -0.2) is 0 Å². The summed E-state index contributed by atoms with van der Waals surface area (Å²) in [4.78, 5) is 49.0. The Bertz CT molecular complexity index is 572. The topological polar surface area (TPSA) is 120 Å². The molecule has 1 saturated carbocycles. The monoisotopic (exact) mass is 302 g/mol. The van der Waals surface area contributed by atoms with E-state index < -0.39 is 47.3 Å². The Hall–Kier alpha value is -2.24. The first-order chi connectivity index (χ1) is 10.4. The van der Waals surface area contributed by atoms with Crippen LogP contribution < -0.4 is 11.5 Å². The molecule has 0 aromatic carbocycles. The van der Waals surface area contributed by atoms with Crippen molar-refractivity contribution in [2.75, 3.05) is 0 Å². The highest BCUT2D eigenvalue weighted by Crippen LogP contribution is 2.46. The molecule has 6 atom stereocenters. The fourth-order valence-corrected chi connectivity index (χ4v) is 4.15. The van der Waals surface area contributed by atoms with Crippen molar-refractivity contribution >= 4 is 23.4 Å². The number of amides is 2. The van der Waals surface area contributed by atoms with E-state index in [9.17, 15) is 19.2 Å². The molecule has 0 aliphatic heterocycles. The fourth-order valence-electron chi connectivity index (χ4n) is 4.15. The Morgan fingerprint density at radius 1 is 0.818 bits per heavy atom. The van der Waals surface area contributed by atoms with Gasteiger partial charge in [-0.05, 0) is 12.8 Å². The van der Waals surface area contributed by atoms with Crippen LogP contribution in [0.15, 0.2) is 24.3 Å². The number of fused-ring (bicyclic) bond motifs is 2. The third-order valence-corrected chi connectivity index (χ3v) is 5.15. The number of ketones is 2. The lowest BCUT2D eigenvalue weighted by molar-refractivity contribution is -0.154. The van der Waals surface area contributed by atoms with Gasteiger partial charge < -0.3 is 11.5 Å². The van der Waals surface area contributed by atoms with Crippen molar-refractivity contribution in [3.8, 4) is 0 Å². The van der Waals surface area contributed by atoms with E-state index in [2.05, 4.69) is 0 Å². The summed E-state index contributed by atoms with van der Waals surface area (Å²) in [6.45, 7) is 0. The van der Waals surface area contributed by atoms with Gasteiger partial charge in [-0.15, -0.1) is 0 Å². The van der Waals surface area contributed by atoms with Gasteiger partial charge in [-0.1, -0.05) is 24.3 Å². The van der Waals surface area contributed by atoms with Crippen molar-refractivity contribution in [3.05, 3.63) is 24.3 Å². The third-order valence-electron chi connectivity index (χ3n) is 5.15. The number of carbonyl (C=O) groups excluding carboxylic acids is 4. The van der Waals surface area contributed by atoms with Crippen molar-refractivity contribution in [1.82, 2.24) is 0 Å². The highest BCUT2D eigenvalue weighted by Gasteiger charge is 2.55. The van der Waals surface area contributed by atoms with E-state index in [0.29, 0.717) is 12.8 Å². The minimum atomic E-state index is -0.782. The van der Waals surface area contributed by atoms with Crippen molar-refractivity contribution < 1.29 is 19.2 Å². The highest BCUT2D eigenvalue weighted by atomic mass is 16.2. The molecule has 0 saturated heterocycles. The predicted octanol–water partition coefficient (Wildman–Crippen LogP) is -0.274. The number of nitrogens with two attached hydrogens (primary N) is 2. The van der Waals surface area contributed by atoms with Crippen LogP contribution in [0.2, 0.25) is 0 Å². The number of carbonyl (C=O) groups is 4. The van der Waals surface area contributed by atoms with Gasteiger partial charge in [0.25, 0.3) is 0 Å². The standard InChI is InChI=1S/C16H18N2O4/c17-15(21)9-5-1-3-7-11(9)14(20)12-8(13(7)19)4-2-6-10(12)16(18)22/h1-2,5-12H,3-4H2,(H2,17,21)(H2,18,22). The van der Waals surface area contributed by atoms with E-state index in [1.165, 1.54) is 0 Å². The summed E-state index contributed by atoms with van der Waals surface area (Å²) >= 11 is 0. The van der Waals surface area contributed by atoms with E-state index in [4.69, 9.17) is 11.5 Å². The molecule has 6 unspecified atom stereocenters. The zero-order valence-corrected chi connectivity index (χ0v) is 12.0. The van der Waals surface area contributed by atoms with Crippen LogP contribution in [0, 0.1) is 35.5 Å². The average molecular weight is 302 g/mol. The first-order valence-corrected chi connectivity index (χ1v) is 7.43. The lowest BCUT2D eigenvalue weighted by atomic mass is 9.55. The predicted molar refractivity (Wildman–Crippen MR) is 76.9 cm³/mol. The van der Waals surface area contributed by atoms with Crippen molar-refractivity contribution in [2.24, 2.45) is 47.0 Å². The molecule has 0 bridgehead atoms. The summed E-state index contributed by atoms with van der Waals surface area (Å²) in [6.07, 6.45) is 7.57. The van der Waals surface area contributed by atoms with E-state index in [1.807, 2.05) is 0 Å². The summed E-state index contributed by atoms with van der Waals surface area (Å²) < 4.78 is 0. The second-order valence-electron chi connectivity index (χ2n) is 6.25. The molecule has 116 valence electrons. The van der Waals surface area contributed by atoms with Gasteiger partial charge in [0.15, 0.2) is 0 Å². The van der Waals surface area contributed by atoms with Crippen molar-refractivity contribution in [3.63, 3.8) is 0 Å². The first-order valence-electron chi connectivity index (χ1n) is 7.43. The number of hydrogen-bond acceptors (Lipinski definition) is 4. The summed E-state index contributed by atoms with van der Waals surface area (Å²) in [6, 6.07) is 0. The number of primary amides is 2. The normalized spacial score (nSPS) is 40.0. The molecule has 0 heterocycles. The molecule has 6 nitrogen and oxygen atoms in total. The van der Waals surface area contributed by atoms with Crippen LogP contribution in [0.4, 0.5) is 0 Å². The molecular formula is C16H18N2O4. The largest absolute Gasteiger partial charge is 0.369 e. The second-order valence-corrected chi connectivity index (χ2v) is 6.25. The van der Waals surface area contributed by atoms with Gasteiger partial charge >= 0.3 is 0 Å². The van der Waals surface area contributed by atoms with E-state index in [-0.39, 0.29) is 11.6 Å². The Morgan fingerprint density at radius 3 is 1.59 bits per heavy atom. The van der Waals surface area contributed by atoms with Gasteiger partial charge in [0.1, 0.15) is 11.6 Å². The lowest BCUT2D eigenvalue weighted by Gasteiger charge is -2.44. The van der Waals surface area contributed by atoms with Crippen molar-refractivity contribution in [2.45, 2.75) is 12.8 Å². The number of rotatable bonds is 2. The molecule has 2 amide bonds. The highest BCUT2D eigenvalue weighted by molar-refractivity contribution is 6.05. The Balaban J connectivity index is 2.05. The van der Waals surface area contributed by atoms with E-state index in [1.54, 1.807) is 24.3 Å². The first kappa shape index (κ1) is 14.7. The minimum Gasteiger partial charge on any atom is -0.369 e. The molecule has 0 radical (unpaired) electrons. The van der Waals surface area contributed by atoms with Gasteiger partial charge in [0.2, 0.25) is 11.8 Å². The Kier molecular flexibility index (Phi) is 3.47. The van der Waals surface area contributed by atoms with Crippen LogP contribution in [0.5, 0.6) is 0 Å². The molecule has 3 aliphatic carbocycles. The molecule has 1 fully saturated rings. The summed E-state index contributed by atoms with van der Waals surface area (Å²) in [5.41, 5.74) is 10.8. The van der Waals surface area contributed by atoms with Gasteiger partial charge in [-0.2, -0.15) is 0 Å². The molecular weight excluding hydrogens is 284 g/mol. The van der Waals surface area contributed by atoms with Crippen molar-refractivity contribution in [1.29, 1.82) is 0 Å². The van der Waals surface area contributed by atoms with E-state index >= 15 is 0 Å². The van der Waals surface area contributed by atoms with Crippen LogP contribution >= 0.6 is 0 Å². The maximum atomic E-state index is 12.9. The molecule has 3 aliphatic rings. The summed E-state index contributed by atoms with van der Waals surface area (Å²) in [5.74, 6) is -5.63. The maximum absolute atomic E-state index is 12.9. The molecule has 0 spiro atoms. The number of allylic oxidation sites excluding steroid dienone is 2. The zero-order chi connectivity index (χ0) is 16.0. The summed E-state index contributed by atoms with van der Waals surface area (Å²) in [5, 5.41) is 0. The smallest absolute Gasteiger partial charge is 0.225 e. The summed E-state index contributed by atoms with van der Waals surface area (Å²) in [7, 11) is 0. The zero-order valence-electron chi connectivity index (χ0n) is 12.0. The number of hydrogen-bond donors (Lipinski definition) is 2. The Morgan fingerprint density at radius 2 is 1.23 bits per heavy atom. The molecule has 22 heavy (non-hydrogen) atoms. The Labute approximate surface area is 127 Å². The quantitative estimate of drug-likeness (QED) is 0.682. The lowest BCUT2D eigenvalue weighted by Crippen LogP contribution is -2.56. The van der Waals surface area contributed by atoms with Gasteiger partial charge in [0.05, 0.1) is 11.8 Å². The van der Waals surface area contributed by atoms with Gasteiger partial charge in [0, 0.05) is 23.7 Å². The average Bonchev–Trinajstić information content (AvgIpc) is 2.51. The molecule has 4 N–H and O–H groups in total. The van der Waals surface area contributed by atoms with Crippen LogP contribution in [0.25, 0.3) is 0 Å². The van der Waals surface area contributed by atoms with Crippen LogP contribution in [0.1, 0.15) is 12.8 Å². The van der Waals surface area contributed by atoms with Crippen LogP contribution in [-0.4, -0.2) is 23.4 Å². The van der Waals surface area contributed by atoms with Crippen LogP contribution in [-0.2, 0) is 19.2 Å². The SMILES string of the molecule is NC(=O)C1C=CCC2C(=O)C3CC=CC(C(N)=O)C3C(=O)C12. The molecule has 0 aromatic heterocycles. The molecule has 3 rings (SSSR count). The van der Waals surface area contributed by atoms with Crippen LogP contribution in [0.3, 0.4) is 0 Å². The molecule has 6 heteroatoms. The maximum Gasteiger partial charge on any atom is 0.225 e. The number of Topliss-reactive ketones (excluding diaryl/α,β-unsaturated/α-hetero) is 2. The minimum absolute atomic E-state index is 0.0548.